The second-order valence-corrected chi connectivity index (χ2v) is 8.51. The Balaban J connectivity index is 2.22. The second-order valence-electron chi connectivity index (χ2n) is 6.76. The molecule has 0 fully saturated rings. The van der Waals surface area contributed by atoms with E-state index < -0.39 is 10.0 Å². The van der Waals surface area contributed by atoms with Crippen molar-refractivity contribution in [2.45, 2.75) is 32.9 Å². The lowest BCUT2D eigenvalue weighted by Crippen LogP contribution is -2.41. The van der Waals surface area contributed by atoms with Gasteiger partial charge in [-0.3, -0.25) is 14.4 Å². The van der Waals surface area contributed by atoms with E-state index in [-0.39, 0.29) is 18.0 Å². The number of benzene rings is 2. The number of hydrogen-bond donors (Lipinski definition) is 2. The third-order valence-corrected chi connectivity index (χ3v) is 5.20. The number of hydrogen-bond acceptors (Lipinski definition) is 4. The highest BCUT2D eigenvalue weighted by molar-refractivity contribution is 7.92. The number of carbonyl (C=O) groups excluding carboxylic acids is 1. The lowest BCUT2D eigenvalue weighted by atomic mass is 10.0. The van der Waals surface area contributed by atoms with Crippen LogP contribution in [0.25, 0.3) is 0 Å². The number of amides is 1. The Bertz CT molecular complexity index is 881. The van der Waals surface area contributed by atoms with Crippen LogP contribution in [0.5, 0.6) is 0 Å². The molecule has 2 N–H and O–H groups in total. The van der Waals surface area contributed by atoms with Crippen LogP contribution in [0, 0.1) is 0 Å². The van der Waals surface area contributed by atoms with Crippen LogP contribution >= 0.6 is 0 Å². The molecular weight excluding hydrogens is 374 g/mol. The number of carbonyl (C=O) groups is 1. The molecule has 2 atom stereocenters. The number of sulfonamides is 1. The Hall–Kier alpha value is -2.38. The summed E-state index contributed by atoms with van der Waals surface area (Å²) < 4.78 is 25.4. The monoisotopic (exact) mass is 403 g/mol. The van der Waals surface area contributed by atoms with E-state index in [9.17, 15) is 13.2 Å². The maximum atomic E-state index is 13.1. The second kappa shape index (κ2) is 9.71. The fourth-order valence-electron chi connectivity index (χ4n) is 3.21. The van der Waals surface area contributed by atoms with Crippen LogP contribution in [0.2, 0.25) is 0 Å². The number of anilines is 1. The first-order valence-electron chi connectivity index (χ1n) is 9.42. The molecule has 2 aromatic rings. The van der Waals surface area contributed by atoms with Gasteiger partial charge in [-0.2, -0.15) is 0 Å². The van der Waals surface area contributed by atoms with Gasteiger partial charge in [-0.15, -0.1) is 0 Å². The third kappa shape index (κ3) is 6.07. The maximum Gasteiger partial charge on any atom is 0.242 e. The molecule has 0 aliphatic rings. The van der Waals surface area contributed by atoms with Crippen molar-refractivity contribution in [3.63, 3.8) is 0 Å². The Morgan fingerprint density at radius 3 is 2.18 bits per heavy atom. The van der Waals surface area contributed by atoms with E-state index in [2.05, 4.69) is 14.9 Å². The standard InChI is InChI=1S/C21H29N3O3S/c1-5-24(6-2)20(17-11-8-7-9-12-17)21(25)22-16(3)18-13-10-14-19(15-18)23-28(4,26)27/h7-16,20,23H,5-6H2,1-4H3,(H,22,25). The molecule has 0 spiro atoms. The SMILES string of the molecule is CCN(CC)C(C(=O)NC(C)c1cccc(NS(C)(=O)=O)c1)c1ccccc1. The van der Waals surface area contributed by atoms with E-state index in [0.717, 1.165) is 30.5 Å². The maximum absolute atomic E-state index is 13.1. The van der Waals surface area contributed by atoms with Crippen LogP contribution < -0.4 is 10.0 Å². The number of nitrogens with zero attached hydrogens (tertiary/aromatic N) is 1. The summed E-state index contributed by atoms with van der Waals surface area (Å²) in [5, 5.41) is 3.08. The third-order valence-electron chi connectivity index (χ3n) is 4.59. The molecule has 1 amide bonds. The molecule has 152 valence electrons. The summed E-state index contributed by atoms with van der Waals surface area (Å²) in [6.45, 7) is 7.48. The summed E-state index contributed by atoms with van der Waals surface area (Å²) in [6, 6.07) is 16.1. The summed E-state index contributed by atoms with van der Waals surface area (Å²) >= 11 is 0. The largest absolute Gasteiger partial charge is 0.348 e. The van der Waals surface area contributed by atoms with Gasteiger partial charge >= 0.3 is 0 Å². The Morgan fingerprint density at radius 2 is 1.61 bits per heavy atom. The van der Waals surface area contributed by atoms with Crippen molar-refractivity contribution in [3.8, 4) is 0 Å². The molecule has 7 heteroatoms. The zero-order valence-electron chi connectivity index (χ0n) is 16.8. The Kier molecular flexibility index (Phi) is 7.60. The van der Waals surface area contributed by atoms with Crippen LogP contribution in [0.1, 0.15) is 44.0 Å². The lowest BCUT2D eigenvalue weighted by molar-refractivity contribution is -0.127. The minimum atomic E-state index is -3.35. The summed E-state index contributed by atoms with van der Waals surface area (Å²) in [5.41, 5.74) is 2.25. The number of nitrogens with one attached hydrogen (secondary N) is 2. The van der Waals surface area contributed by atoms with Gasteiger partial charge in [0.25, 0.3) is 0 Å². The van der Waals surface area contributed by atoms with Gasteiger partial charge in [-0.05, 0) is 43.3 Å². The van der Waals surface area contributed by atoms with Gasteiger partial charge in [-0.1, -0.05) is 56.3 Å². The molecule has 0 radical (unpaired) electrons. The first kappa shape index (κ1) is 21.9. The zero-order valence-corrected chi connectivity index (χ0v) is 17.7. The number of likely N-dealkylation sites (N-methyl/N-ethyl adjacent to an activating group) is 1. The van der Waals surface area contributed by atoms with Crippen molar-refractivity contribution in [1.82, 2.24) is 10.2 Å². The van der Waals surface area contributed by atoms with Crippen LogP contribution in [0.3, 0.4) is 0 Å². The van der Waals surface area contributed by atoms with Crippen LogP contribution in [0.15, 0.2) is 54.6 Å². The Labute approximate surface area is 168 Å². The van der Waals surface area contributed by atoms with Crippen molar-refractivity contribution in [3.05, 3.63) is 65.7 Å². The fraction of sp³-hybridized carbons (Fsp3) is 0.381. The van der Waals surface area contributed by atoms with Crippen molar-refractivity contribution in [2.75, 3.05) is 24.1 Å². The zero-order chi connectivity index (χ0) is 20.7. The number of rotatable bonds is 9. The van der Waals surface area contributed by atoms with Crippen molar-refractivity contribution in [2.24, 2.45) is 0 Å². The Morgan fingerprint density at radius 1 is 1.00 bits per heavy atom. The summed E-state index contributed by atoms with van der Waals surface area (Å²) in [7, 11) is -3.35. The van der Waals surface area contributed by atoms with Crippen LogP contribution in [-0.4, -0.2) is 38.6 Å². The fourth-order valence-corrected chi connectivity index (χ4v) is 3.77. The highest BCUT2D eigenvalue weighted by Crippen LogP contribution is 2.23. The van der Waals surface area contributed by atoms with Gasteiger partial charge < -0.3 is 5.32 Å². The molecule has 2 unspecified atom stereocenters. The summed E-state index contributed by atoms with van der Waals surface area (Å²) in [4.78, 5) is 15.2. The van der Waals surface area contributed by atoms with Gasteiger partial charge in [0.2, 0.25) is 15.9 Å². The van der Waals surface area contributed by atoms with Gasteiger partial charge in [-0.25, -0.2) is 8.42 Å². The molecular formula is C21H29N3O3S. The van der Waals surface area contributed by atoms with E-state index >= 15 is 0 Å². The smallest absolute Gasteiger partial charge is 0.242 e. The molecule has 0 aliphatic heterocycles. The molecule has 0 bridgehead atoms. The van der Waals surface area contributed by atoms with E-state index in [1.165, 1.54) is 0 Å². The molecule has 28 heavy (non-hydrogen) atoms. The molecule has 6 nitrogen and oxygen atoms in total. The average molecular weight is 404 g/mol. The predicted octanol–water partition coefficient (Wildman–Crippen LogP) is 3.32. The molecule has 2 rings (SSSR count). The predicted molar refractivity (Wildman–Crippen MR) is 114 cm³/mol. The van der Waals surface area contributed by atoms with E-state index in [1.54, 1.807) is 18.2 Å². The van der Waals surface area contributed by atoms with Gasteiger partial charge in [0.15, 0.2) is 0 Å². The van der Waals surface area contributed by atoms with Crippen molar-refractivity contribution in [1.29, 1.82) is 0 Å². The van der Waals surface area contributed by atoms with Crippen molar-refractivity contribution < 1.29 is 13.2 Å². The van der Waals surface area contributed by atoms with Gasteiger partial charge in [0.1, 0.15) is 6.04 Å². The topological polar surface area (TPSA) is 78.5 Å². The minimum Gasteiger partial charge on any atom is -0.348 e. The van der Waals surface area contributed by atoms with Crippen molar-refractivity contribution >= 4 is 21.6 Å². The normalized spacial score (nSPS) is 13.8. The highest BCUT2D eigenvalue weighted by Gasteiger charge is 2.27. The van der Waals surface area contributed by atoms with E-state index in [0.29, 0.717) is 5.69 Å². The van der Waals surface area contributed by atoms with Crippen LogP contribution in [-0.2, 0) is 14.8 Å². The molecule has 0 aliphatic carbocycles. The molecule has 0 saturated heterocycles. The molecule has 0 aromatic heterocycles. The van der Waals surface area contributed by atoms with Gasteiger partial charge in [0, 0.05) is 5.69 Å². The molecule has 0 heterocycles. The molecule has 0 saturated carbocycles. The lowest BCUT2D eigenvalue weighted by Gasteiger charge is -2.30. The minimum absolute atomic E-state index is 0.0797. The highest BCUT2D eigenvalue weighted by atomic mass is 32.2. The summed E-state index contributed by atoms with van der Waals surface area (Å²) in [5.74, 6) is -0.0797. The van der Waals surface area contributed by atoms with E-state index in [4.69, 9.17) is 0 Å². The first-order chi connectivity index (χ1) is 13.2. The molecule has 2 aromatic carbocycles. The van der Waals surface area contributed by atoms with Gasteiger partial charge in [0.05, 0.1) is 12.3 Å². The van der Waals surface area contributed by atoms with Crippen LogP contribution in [0.4, 0.5) is 5.69 Å². The quantitative estimate of drug-likeness (QED) is 0.673. The van der Waals surface area contributed by atoms with E-state index in [1.807, 2.05) is 57.2 Å². The summed E-state index contributed by atoms with van der Waals surface area (Å²) in [6.07, 6.45) is 1.11. The first-order valence-corrected chi connectivity index (χ1v) is 11.3. The average Bonchev–Trinajstić information content (AvgIpc) is 2.65.